The van der Waals surface area contributed by atoms with Gasteiger partial charge in [-0.1, -0.05) is 61.8 Å². The molecule has 29 heavy (non-hydrogen) atoms. The summed E-state index contributed by atoms with van der Waals surface area (Å²) in [5.74, 6) is -0.308. The Morgan fingerprint density at radius 3 is 2.41 bits per heavy atom. The fraction of sp³-hybridized carbons (Fsp3) is 0.304. The standard InChI is InChI=1S/C23H25ClN2O2S/c1-16(2)18-5-7-19(8-6-18)21-15-29-23(25-21)26(14-12-22(27)28)13-11-17-3-9-20(24)10-4-17/h3-10,15-16H,11-14H2,1-2H3,(H,27,28). The van der Waals surface area contributed by atoms with Crippen molar-refractivity contribution in [2.24, 2.45) is 0 Å². The van der Waals surface area contributed by atoms with E-state index in [4.69, 9.17) is 21.7 Å². The molecule has 1 N–H and O–H groups in total. The van der Waals surface area contributed by atoms with Crippen molar-refractivity contribution >= 4 is 34.0 Å². The maximum Gasteiger partial charge on any atom is 0.305 e. The van der Waals surface area contributed by atoms with Crippen LogP contribution in [0.25, 0.3) is 11.3 Å². The van der Waals surface area contributed by atoms with Gasteiger partial charge in [-0.3, -0.25) is 4.79 Å². The lowest BCUT2D eigenvalue weighted by molar-refractivity contribution is -0.136. The lowest BCUT2D eigenvalue weighted by Crippen LogP contribution is -2.28. The molecule has 0 saturated carbocycles. The zero-order valence-electron chi connectivity index (χ0n) is 16.6. The molecule has 1 heterocycles. The molecule has 1 aromatic heterocycles. The first-order valence-electron chi connectivity index (χ1n) is 9.69. The van der Waals surface area contributed by atoms with Crippen LogP contribution in [0.2, 0.25) is 5.02 Å². The van der Waals surface area contributed by atoms with Gasteiger partial charge in [0.1, 0.15) is 0 Å². The van der Waals surface area contributed by atoms with Gasteiger partial charge in [-0.05, 0) is 35.6 Å². The van der Waals surface area contributed by atoms with Crippen LogP contribution < -0.4 is 4.90 Å². The summed E-state index contributed by atoms with van der Waals surface area (Å²) < 4.78 is 0. The molecule has 0 aliphatic heterocycles. The average Bonchev–Trinajstić information content (AvgIpc) is 3.19. The maximum absolute atomic E-state index is 11.1. The van der Waals surface area contributed by atoms with E-state index in [1.165, 1.54) is 5.56 Å². The van der Waals surface area contributed by atoms with Gasteiger partial charge in [0.05, 0.1) is 12.1 Å². The summed E-state index contributed by atoms with van der Waals surface area (Å²) in [7, 11) is 0. The number of carboxylic acids is 1. The number of aromatic nitrogens is 1. The first kappa shape index (κ1) is 21.3. The highest BCUT2D eigenvalue weighted by atomic mass is 35.5. The Labute approximate surface area is 180 Å². The van der Waals surface area contributed by atoms with Crippen molar-refractivity contribution < 1.29 is 9.90 Å². The SMILES string of the molecule is CC(C)c1ccc(-c2csc(N(CCC(=O)O)CCc3ccc(Cl)cc3)n2)cc1. The van der Waals surface area contributed by atoms with Crippen LogP contribution in [0.3, 0.4) is 0 Å². The molecule has 0 aliphatic carbocycles. The topological polar surface area (TPSA) is 53.4 Å². The minimum atomic E-state index is -0.803. The van der Waals surface area contributed by atoms with E-state index in [0.717, 1.165) is 28.4 Å². The second-order valence-electron chi connectivity index (χ2n) is 7.30. The molecule has 0 spiro atoms. The highest BCUT2D eigenvalue weighted by molar-refractivity contribution is 7.14. The quantitative estimate of drug-likeness (QED) is 0.446. The van der Waals surface area contributed by atoms with Gasteiger partial charge in [-0.15, -0.1) is 11.3 Å². The van der Waals surface area contributed by atoms with Crippen LogP contribution in [0, 0.1) is 0 Å². The zero-order chi connectivity index (χ0) is 20.8. The Morgan fingerprint density at radius 2 is 1.79 bits per heavy atom. The Morgan fingerprint density at radius 1 is 1.10 bits per heavy atom. The third-order valence-electron chi connectivity index (χ3n) is 4.81. The van der Waals surface area contributed by atoms with Crippen molar-refractivity contribution in [1.29, 1.82) is 0 Å². The number of carboxylic acid groups (broad SMARTS) is 1. The minimum Gasteiger partial charge on any atom is -0.481 e. The van der Waals surface area contributed by atoms with Crippen molar-refractivity contribution in [3.8, 4) is 11.3 Å². The Balaban J connectivity index is 1.74. The molecule has 4 nitrogen and oxygen atoms in total. The molecule has 3 rings (SSSR count). The van der Waals surface area contributed by atoms with Crippen molar-refractivity contribution in [2.45, 2.75) is 32.6 Å². The van der Waals surface area contributed by atoms with Gasteiger partial charge in [-0.2, -0.15) is 0 Å². The first-order valence-corrected chi connectivity index (χ1v) is 10.9. The lowest BCUT2D eigenvalue weighted by Gasteiger charge is -2.21. The molecule has 0 saturated heterocycles. The molecular formula is C23H25ClN2O2S. The Bertz CT molecular complexity index is 936. The molecule has 0 amide bonds. The van der Waals surface area contributed by atoms with Crippen LogP contribution in [-0.4, -0.2) is 29.1 Å². The second kappa shape index (κ2) is 9.90. The number of anilines is 1. The summed E-state index contributed by atoms with van der Waals surface area (Å²) in [4.78, 5) is 17.9. The van der Waals surface area contributed by atoms with Gasteiger partial charge in [0.15, 0.2) is 5.13 Å². The maximum atomic E-state index is 11.1. The van der Waals surface area contributed by atoms with Crippen molar-refractivity contribution in [3.63, 3.8) is 0 Å². The molecule has 0 unspecified atom stereocenters. The van der Waals surface area contributed by atoms with Gasteiger partial charge in [0.2, 0.25) is 0 Å². The molecule has 2 aromatic carbocycles. The largest absolute Gasteiger partial charge is 0.481 e. The number of aliphatic carboxylic acids is 1. The zero-order valence-corrected chi connectivity index (χ0v) is 18.2. The van der Waals surface area contributed by atoms with Gasteiger partial charge in [0.25, 0.3) is 0 Å². The van der Waals surface area contributed by atoms with E-state index in [0.29, 0.717) is 24.0 Å². The third-order valence-corrected chi connectivity index (χ3v) is 5.97. The van der Waals surface area contributed by atoms with Crippen molar-refractivity contribution in [2.75, 3.05) is 18.0 Å². The molecule has 0 aliphatic rings. The number of hydrogen-bond acceptors (Lipinski definition) is 4. The van der Waals surface area contributed by atoms with Crippen LogP contribution >= 0.6 is 22.9 Å². The summed E-state index contributed by atoms with van der Waals surface area (Å²) >= 11 is 7.51. The van der Waals surface area contributed by atoms with E-state index in [9.17, 15) is 4.79 Å². The van der Waals surface area contributed by atoms with Gasteiger partial charge in [-0.25, -0.2) is 4.98 Å². The highest BCUT2D eigenvalue weighted by Crippen LogP contribution is 2.29. The monoisotopic (exact) mass is 428 g/mol. The number of nitrogens with zero attached hydrogens (tertiary/aromatic N) is 2. The number of thiazole rings is 1. The third kappa shape index (κ3) is 6.05. The van der Waals surface area contributed by atoms with E-state index < -0.39 is 5.97 Å². The molecule has 0 fully saturated rings. The van der Waals surface area contributed by atoms with Gasteiger partial charge in [0, 0.05) is 29.1 Å². The predicted molar refractivity (Wildman–Crippen MR) is 121 cm³/mol. The summed E-state index contributed by atoms with van der Waals surface area (Å²) in [6, 6.07) is 16.2. The normalized spacial score (nSPS) is 11.0. The highest BCUT2D eigenvalue weighted by Gasteiger charge is 2.14. The number of hydrogen-bond donors (Lipinski definition) is 1. The summed E-state index contributed by atoms with van der Waals surface area (Å²) in [6.45, 7) is 5.49. The molecule has 6 heteroatoms. The van der Waals surface area contributed by atoms with E-state index >= 15 is 0 Å². The van der Waals surface area contributed by atoms with Crippen LogP contribution in [0.15, 0.2) is 53.9 Å². The summed E-state index contributed by atoms with van der Waals surface area (Å²) in [5.41, 5.74) is 4.46. The van der Waals surface area contributed by atoms with E-state index in [1.54, 1.807) is 11.3 Å². The molecule has 152 valence electrons. The predicted octanol–water partition coefficient (Wildman–Crippen LogP) is 6.11. The van der Waals surface area contributed by atoms with Crippen LogP contribution in [0.1, 0.15) is 37.3 Å². The van der Waals surface area contributed by atoms with Crippen LogP contribution in [0.5, 0.6) is 0 Å². The Hall–Kier alpha value is -2.37. The Kier molecular flexibility index (Phi) is 7.29. The summed E-state index contributed by atoms with van der Waals surface area (Å²) in [6.07, 6.45) is 0.882. The average molecular weight is 429 g/mol. The van der Waals surface area contributed by atoms with Crippen molar-refractivity contribution in [1.82, 2.24) is 4.98 Å². The smallest absolute Gasteiger partial charge is 0.305 e. The number of benzene rings is 2. The fourth-order valence-electron chi connectivity index (χ4n) is 3.03. The first-order chi connectivity index (χ1) is 13.9. The molecule has 3 aromatic rings. The second-order valence-corrected chi connectivity index (χ2v) is 8.57. The van der Waals surface area contributed by atoms with Crippen LogP contribution in [0.4, 0.5) is 5.13 Å². The number of halogens is 1. The van der Waals surface area contributed by atoms with E-state index in [2.05, 4.69) is 43.0 Å². The van der Waals surface area contributed by atoms with E-state index in [-0.39, 0.29) is 6.42 Å². The fourth-order valence-corrected chi connectivity index (χ4v) is 4.04. The van der Waals surface area contributed by atoms with E-state index in [1.807, 2.05) is 29.6 Å². The number of rotatable bonds is 9. The number of carbonyl (C=O) groups is 1. The molecule has 0 atom stereocenters. The van der Waals surface area contributed by atoms with Crippen LogP contribution in [-0.2, 0) is 11.2 Å². The van der Waals surface area contributed by atoms with Gasteiger partial charge < -0.3 is 10.0 Å². The summed E-state index contributed by atoms with van der Waals surface area (Å²) in [5, 5.41) is 12.7. The van der Waals surface area contributed by atoms with Gasteiger partial charge >= 0.3 is 5.97 Å². The van der Waals surface area contributed by atoms with Crippen molar-refractivity contribution in [3.05, 3.63) is 70.1 Å². The molecule has 0 radical (unpaired) electrons. The lowest BCUT2D eigenvalue weighted by atomic mass is 10.0. The molecular weight excluding hydrogens is 404 g/mol. The molecule has 0 bridgehead atoms. The minimum absolute atomic E-state index is 0.0820.